The first kappa shape index (κ1) is 54.9. The molecule has 0 fully saturated rings. The highest BCUT2D eigenvalue weighted by Gasteiger charge is 2.38. The van der Waals surface area contributed by atoms with Crippen LogP contribution in [0.15, 0.2) is 206 Å². The maximum atomic E-state index is 2.45. The minimum absolute atomic E-state index is 0.197. The van der Waals surface area contributed by atoms with Crippen LogP contribution < -0.4 is 9.80 Å². The third-order valence-electron chi connectivity index (χ3n) is 19.4. The van der Waals surface area contributed by atoms with Gasteiger partial charge in [-0.15, -0.1) is 0 Å². The number of hydrogen-bond acceptors (Lipinski definition) is 2. The summed E-state index contributed by atoms with van der Waals surface area (Å²) in [5.41, 5.74) is 32.4. The molecular formula is C86H74N2. The number of aryl methyl sites for hydroxylation is 8. The molecule has 0 heterocycles. The summed E-state index contributed by atoms with van der Waals surface area (Å²) in [6.07, 6.45) is 9.30. The van der Waals surface area contributed by atoms with E-state index in [2.05, 4.69) is 323 Å². The van der Waals surface area contributed by atoms with E-state index < -0.39 is 0 Å². The molecule has 0 atom stereocenters. The Labute approximate surface area is 519 Å². The lowest BCUT2D eigenvalue weighted by Crippen LogP contribution is -2.17. The highest BCUT2D eigenvalue weighted by atomic mass is 15.1. The Morgan fingerprint density at radius 1 is 0.250 bits per heavy atom. The fourth-order valence-corrected chi connectivity index (χ4v) is 15.6. The Kier molecular flexibility index (Phi) is 12.7. The molecule has 2 aliphatic carbocycles. The van der Waals surface area contributed by atoms with Gasteiger partial charge in [-0.25, -0.2) is 0 Å². The van der Waals surface area contributed by atoms with E-state index in [1.54, 1.807) is 0 Å². The monoisotopic (exact) mass is 1130 g/mol. The molecule has 0 unspecified atom stereocenters. The summed E-state index contributed by atoms with van der Waals surface area (Å²) < 4.78 is 0. The van der Waals surface area contributed by atoms with Gasteiger partial charge in [0, 0.05) is 45.0 Å². The van der Waals surface area contributed by atoms with Crippen LogP contribution in [-0.4, -0.2) is 0 Å². The Balaban J connectivity index is 0.726. The number of hydrogen-bond donors (Lipinski definition) is 0. The van der Waals surface area contributed by atoms with Gasteiger partial charge in [0.25, 0.3) is 0 Å². The smallest absolute Gasteiger partial charge is 0.0466 e. The van der Waals surface area contributed by atoms with E-state index in [4.69, 9.17) is 0 Å². The molecular weight excluding hydrogens is 1060 g/mol. The molecule has 88 heavy (non-hydrogen) atoms. The van der Waals surface area contributed by atoms with Crippen molar-refractivity contribution in [2.24, 2.45) is 0 Å². The number of fused-ring (bicyclic) bond motifs is 8. The normalized spacial score (nSPS) is 13.8. The number of rotatable bonds is 10. The van der Waals surface area contributed by atoms with E-state index in [0.717, 1.165) is 0 Å². The summed E-state index contributed by atoms with van der Waals surface area (Å²) in [4.78, 5) is 4.89. The van der Waals surface area contributed by atoms with Crippen molar-refractivity contribution in [3.8, 4) is 22.3 Å². The van der Waals surface area contributed by atoms with Crippen LogP contribution in [0.4, 0.5) is 34.1 Å². The Morgan fingerprint density at radius 3 is 0.864 bits per heavy atom. The molecule has 2 nitrogen and oxygen atoms in total. The van der Waals surface area contributed by atoms with Gasteiger partial charge < -0.3 is 9.80 Å². The van der Waals surface area contributed by atoms with Crippen LogP contribution in [0.5, 0.6) is 0 Å². The second-order valence-corrected chi connectivity index (χ2v) is 26.9. The minimum Gasteiger partial charge on any atom is -0.310 e. The average Bonchev–Trinajstić information content (AvgIpc) is 0.872. The van der Waals surface area contributed by atoms with Crippen molar-refractivity contribution in [1.82, 2.24) is 0 Å². The maximum Gasteiger partial charge on any atom is 0.0466 e. The standard InChI is InChI=1S/C86H74N2/c1-51-35-52(2)40-65(39-51)87(66-41-53(3)36-54(4)42-66)63-27-33-73-71-29-21-59(47-79(71)85(9,10)81(73)49-63)19-23-61-25-31-77-76-18-14-16-70-62(26-32-78(84(70)76)75-17-13-15-69(61)83(75)77)24-20-60-22-30-72-74-34-28-64(50-82(74)86(11,12)80(72)48-60)88(67-43-55(5)37-56(6)44-67)68-45-57(7)38-58(8)46-68/h13-50H,1-12H3. The summed E-state index contributed by atoms with van der Waals surface area (Å²) in [5.74, 6) is 0. The SMILES string of the molecule is Cc1cc(C)cc(N(c2cc(C)cc(C)c2)c2ccc3c(c2)C(C)(C)c2cc(C=Cc4ccc5c6cccc7c(C=Cc8ccc9c(c8)C(C)(C)c8cc(N(c%10cc(C)cc(C)c%10)c%10cc(C)cc(C)c%10)ccc8-9)ccc(c8cccc4c85)c76)ccc2-3)c1. The van der Waals surface area contributed by atoms with Crippen molar-refractivity contribution in [2.75, 3.05) is 9.80 Å². The van der Waals surface area contributed by atoms with Crippen LogP contribution in [0.1, 0.15) is 117 Å². The highest BCUT2D eigenvalue weighted by Crippen LogP contribution is 2.54. The molecule has 0 bridgehead atoms. The fourth-order valence-electron chi connectivity index (χ4n) is 15.6. The van der Waals surface area contributed by atoms with E-state index in [1.807, 2.05) is 0 Å². The largest absolute Gasteiger partial charge is 0.310 e. The van der Waals surface area contributed by atoms with E-state index in [-0.39, 0.29) is 10.8 Å². The molecule has 13 aromatic carbocycles. The van der Waals surface area contributed by atoms with Crippen LogP contribution in [0.3, 0.4) is 0 Å². The quantitative estimate of drug-likeness (QED) is 0.0765. The van der Waals surface area contributed by atoms with Crippen LogP contribution in [0, 0.1) is 55.4 Å². The van der Waals surface area contributed by atoms with Gasteiger partial charge in [-0.2, -0.15) is 0 Å². The zero-order valence-electron chi connectivity index (χ0n) is 52.8. The van der Waals surface area contributed by atoms with Gasteiger partial charge in [-0.05, 0) is 283 Å². The Bertz CT molecular complexity index is 4610. The molecule has 0 saturated heterocycles. The Hall–Kier alpha value is -9.76. The van der Waals surface area contributed by atoms with Gasteiger partial charge in [-0.1, -0.05) is 185 Å². The molecule has 0 aliphatic heterocycles. The highest BCUT2D eigenvalue weighted by molar-refractivity contribution is 6.34. The lowest BCUT2D eigenvalue weighted by Gasteiger charge is -2.29. The molecule has 0 spiro atoms. The molecule has 0 N–H and O–H groups in total. The molecule has 0 aromatic heterocycles. The van der Waals surface area contributed by atoms with Crippen LogP contribution in [0.25, 0.3) is 89.6 Å². The van der Waals surface area contributed by atoms with E-state index in [1.165, 1.54) is 188 Å². The number of nitrogens with zero attached hydrogens (tertiary/aromatic N) is 2. The summed E-state index contributed by atoms with van der Waals surface area (Å²) in [6.45, 7) is 27.2. The van der Waals surface area contributed by atoms with Gasteiger partial charge in [-0.3, -0.25) is 0 Å². The first-order valence-electron chi connectivity index (χ1n) is 31.4. The summed E-state index contributed by atoms with van der Waals surface area (Å²) in [7, 11) is 0. The van der Waals surface area contributed by atoms with Crippen molar-refractivity contribution in [2.45, 2.75) is 93.9 Å². The van der Waals surface area contributed by atoms with Crippen LogP contribution >= 0.6 is 0 Å². The summed E-state index contributed by atoms with van der Waals surface area (Å²) >= 11 is 0. The fraction of sp³-hybridized carbons (Fsp3) is 0.163. The van der Waals surface area contributed by atoms with E-state index in [0.29, 0.717) is 0 Å². The van der Waals surface area contributed by atoms with Crippen molar-refractivity contribution >= 4 is 102 Å². The zero-order valence-corrected chi connectivity index (χ0v) is 52.8. The minimum atomic E-state index is -0.197. The van der Waals surface area contributed by atoms with Gasteiger partial charge in [0.2, 0.25) is 0 Å². The van der Waals surface area contributed by atoms with Crippen molar-refractivity contribution in [3.63, 3.8) is 0 Å². The molecule has 13 aromatic rings. The van der Waals surface area contributed by atoms with Gasteiger partial charge in [0.05, 0.1) is 0 Å². The summed E-state index contributed by atoms with van der Waals surface area (Å²) in [6, 6.07) is 79.1. The van der Waals surface area contributed by atoms with Crippen molar-refractivity contribution in [1.29, 1.82) is 0 Å². The molecule has 0 saturated carbocycles. The topological polar surface area (TPSA) is 6.48 Å². The third kappa shape index (κ3) is 9.06. The molecule has 15 rings (SSSR count). The van der Waals surface area contributed by atoms with Gasteiger partial charge >= 0.3 is 0 Å². The van der Waals surface area contributed by atoms with Crippen LogP contribution in [0.2, 0.25) is 0 Å². The van der Waals surface area contributed by atoms with Crippen LogP contribution in [-0.2, 0) is 10.8 Å². The van der Waals surface area contributed by atoms with E-state index >= 15 is 0 Å². The molecule has 428 valence electrons. The van der Waals surface area contributed by atoms with Gasteiger partial charge in [0.1, 0.15) is 0 Å². The lowest BCUT2D eigenvalue weighted by atomic mass is 9.81. The van der Waals surface area contributed by atoms with Crippen molar-refractivity contribution in [3.05, 3.63) is 295 Å². The van der Waals surface area contributed by atoms with E-state index in [9.17, 15) is 0 Å². The maximum absolute atomic E-state index is 2.45. The Morgan fingerprint density at radius 2 is 0.534 bits per heavy atom. The number of anilines is 6. The lowest BCUT2D eigenvalue weighted by molar-refractivity contribution is 0.660. The second-order valence-electron chi connectivity index (χ2n) is 26.9. The molecule has 0 radical (unpaired) electrons. The molecule has 0 amide bonds. The molecule has 2 aliphatic rings. The molecule has 2 heteroatoms. The second kappa shape index (κ2) is 20.4. The van der Waals surface area contributed by atoms with Gasteiger partial charge in [0.15, 0.2) is 0 Å². The number of benzene rings is 13. The average molecular weight is 1140 g/mol. The predicted octanol–water partition coefficient (Wildman–Crippen LogP) is 24.1. The van der Waals surface area contributed by atoms with Crippen molar-refractivity contribution < 1.29 is 0 Å². The summed E-state index contributed by atoms with van der Waals surface area (Å²) in [5, 5.41) is 10.4. The first-order valence-corrected chi connectivity index (χ1v) is 31.4. The first-order chi connectivity index (χ1) is 42.3. The third-order valence-corrected chi connectivity index (χ3v) is 19.4. The zero-order chi connectivity index (χ0) is 60.7. The predicted molar refractivity (Wildman–Crippen MR) is 381 cm³/mol.